The molecule has 4 rings (SSSR count). The lowest BCUT2D eigenvalue weighted by Gasteiger charge is -2.26. The van der Waals surface area contributed by atoms with E-state index < -0.39 is 10.0 Å². The summed E-state index contributed by atoms with van der Waals surface area (Å²) in [6.07, 6.45) is 8.98. The van der Waals surface area contributed by atoms with Crippen LogP contribution in [0.3, 0.4) is 0 Å². The second-order valence-electron chi connectivity index (χ2n) is 8.87. The molecule has 0 saturated carbocycles. The van der Waals surface area contributed by atoms with Crippen LogP contribution in [0.5, 0.6) is 5.75 Å². The minimum absolute atomic E-state index is 0.0285. The number of ether oxygens (including phenoxy) is 2. The average molecular weight is 488 g/mol. The van der Waals surface area contributed by atoms with Crippen molar-refractivity contribution in [2.45, 2.75) is 56.1 Å². The minimum Gasteiger partial charge on any atom is -0.495 e. The molecule has 8 nitrogen and oxygen atoms in total. The van der Waals surface area contributed by atoms with Crippen LogP contribution in [0.25, 0.3) is 0 Å². The molecule has 3 heterocycles. The van der Waals surface area contributed by atoms with Gasteiger partial charge in [-0.15, -0.1) is 0 Å². The highest BCUT2D eigenvalue weighted by molar-refractivity contribution is 7.89. The number of amides is 1. The predicted octanol–water partition coefficient (Wildman–Crippen LogP) is 3.48. The van der Waals surface area contributed by atoms with E-state index in [1.165, 1.54) is 17.5 Å². The van der Waals surface area contributed by atoms with Crippen LogP contribution in [-0.2, 0) is 21.3 Å². The summed E-state index contributed by atoms with van der Waals surface area (Å²) in [6.45, 7) is 2.46. The van der Waals surface area contributed by atoms with Crippen LogP contribution < -0.4 is 4.74 Å². The third kappa shape index (κ3) is 5.76. The van der Waals surface area contributed by atoms with E-state index in [0.717, 1.165) is 44.1 Å². The van der Waals surface area contributed by atoms with Gasteiger partial charge in [0.25, 0.3) is 5.91 Å². The molecule has 1 unspecified atom stereocenters. The Bertz CT molecular complexity index is 1060. The Labute approximate surface area is 201 Å². The first-order chi connectivity index (χ1) is 16.5. The number of pyridine rings is 1. The second-order valence-corrected chi connectivity index (χ2v) is 10.8. The van der Waals surface area contributed by atoms with Gasteiger partial charge in [0, 0.05) is 50.7 Å². The number of hydrogen-bond donors (Lipinski definition) is 0. The number of aromatic nitrogens is 1. The molecule has 2 saturated heterocycles. The fourth-order valence-corrected chi connectivity index (χ4v) is 6.28. The van der Waals surface area contributed by atoms with Crippen molar-refractivity contribution in [3.8, 4) is 5.75 Å². The van der Waals surface area contributed by atoms with Crippen LogP contribution in [-0.4, -0.2) is 68.0 Å². The van der Waals surface area contributed by atoms with Gasteiger partial charge in [0.2, 0.25) is 10.0 Å². The highest BCUT2D eigenvalue weighted by Crippen LogP contribution is 2.30. The summed E-state index contributed by atoms with van der Waals surface area (Å²) in [6, 6.07) is 8.43. The molecule has 9 heteroatoms. The maximum atomic E-state index is 13.6. The van der Waals surface area contributed by atoms with Crippen molar-refractivity contribution in [2.75, 3.05) is 33.4 Å². The van der Waals surface area contributed by atoms with E-state index in [1.807, 2.05) is 12.1 Å². The monoisotopic (exact) mass is 487 g/mol. The van der Waals surface area contributed by atoms with Crippen LogP contribution in [0.1, 0.15) is 54.4 Å². The Morgan fingerprint density at radius 1 is 1.18 bits per heavy atom. The number of hydrogen-bond acceptors (Lipinski definition) is 6. The molecule has 0 bridgehead atoms. The molecular formula is C25H33N3O5S. The molecule has 1 aromatic carbocycles. The summed E-state index contributed by atoms with van der Waals surface area (Å²) in [5.74, 6) is 0.00746. The van der Waals surface area contributed by atoms with Crippen molar-refractivity contribution in [2.24, 2.45) is 0 Å². The van der Waals surface area contributed by atoms with E-state index in [-0.39, 0.29) is 22.7 Å². The SMILES string of the molecule is COc1ccc(C(=O)N(Cc2cccnc2)CC2CCCO2)cc1S(=O)(=O)N1CCCCCC1. The number of methoxy groups -OCH3 is 1. The van der Waals surface area contributed by atoms with Gasteiger partial charge in [0.1, 0.15) is 10.6 Å². The predicted molar refractivity (Wildman–Crippen MR) is 128 cm³/mol. The molecule has 0 radical (unpaired) electrons. The lowest BCUT2D eigenvalue weighted by atomic mass is 10.1. The molecule has 184 valence electrons. The molecule has 2 aromatic rings. The van der Waals surface area contributed by atoms with Gasteiger partial charge in [0.05, 0.1) is 13.2 Å². The summed E-state index contributed by atoms with van der Waals surface area (Å²) >= 11 is 0. The standard InChI is InChI=1S/C25H33N3O5S/c1-32-23-11-10-21(16-24(23)34(30,31)28-13-4-2-3-5-14-28)25(29)27(19-22-9-7-15-33-22)18-20-8-6-12-26-17-20/h6,8,10-12,16-17,22H,2-5,7,9,13-15,18-19H2,1H3. The number of carbonyl (C=O) groups excluding carboxylic acids is 1. The van der Waals surface area contributed by atoms with Gasteiger partial charge in [0.15, 0.2) is 0 Å². The van der Waals surface area contributed by atoms with Crippen molar-refractivity contribution in [3.05, 3.63) is 53.9 Å². The number of benzene rings is 1. The third-order valence-corrected chi connectivity index (χ3v) is 8.34. The summed E-state index contributed by atoms with van der Waals surface area (Å²) < 4.78 is 39.7. The zero-order chi connectivity index (χ0) is 24.0. The van der Waals surface area contributed by atoms with E-state index in [0.29, 0.717) is 38.3 Å². The lowest BCUT2D eigenvalue weighted by Crippen LogP contribution is -2.37. The van der Waals surface area contributed by atoms with Gasteiger partial charge < -0.3 is 14.4 Å². The number of rotatable bonds is 8. The Balaban J connectivity index is 1.64. The first kappa shape index (κ1) is 24.6. The maximum absolute atomic E-state index is 13.6. The molecular weight excluding hydrogens is 454 g/mol. The van der Waals surface area contributed by atoms with E-state index >= 15 is 0 Å². The van der Waals surface area contributed by atoms with Crippen molar-refractivity contribution >= 4 is 15.9 Å². The Morgan fingerprint density at radius 3 is 2.62 bits per heavy atom. The summed E-state index contributed by atoms with van der Waals surface area (Å²) in [5.41, 5.74) is 1.22. The largest absolute Gasteiger partial charge is 0.495 e. The van der Waals surface area contributed by atoms with Crippen LogP contribution in [0.15, 0.2) is 47.6 Å². The summed E-state index contributed by atoms with van der Waals surface area (Å²) in [7, 11) is -2.34. The van der Waals surface area contributed by atoms with Crippen LogP contribution in [0.4, 0.5) is 0 Å². The molecule has 2 aliphatic heterocycles. The Hall–Kier alpha value is -2.49. The normalized spacial score (nSPS) is 19.5. The third-order valence-electron chi connectivity index (χ3n) is 6.42. The van der Waals surface area contributed by atoms with Crippen molar-refractivity contribution < 1.29 is 22.7 Å². The fourth-order valence-electron chi connectivity index (χ4n) is 4.58. The molecule has 0 N–H and O–H groups in total. The van der Waals surface area contributed by atoms with Crippen LogP contribution in [0, 0.1) is 0 Å². The van der Waals surface area contributed by atoms with E-state index in [1.54, 1.807) is 29.4 Å². The highest BCUT2D eigenvalue weighted by Gasteiger charge is 2.30. The first-order valence-electron chi connectivity index (χ1n) is 12.0. The number of nitrogens with zero attached hydrogens (tertiary/aromatic N) is 3. The Kier molecular flexibility index (Phi) is 8.18. The molecule has 2 fully saturated rings. The van der Waals surface area contributed by atoms with Gasteiger partial charge in [-0.05, 0) is 55.5 Å². The quantitative estimate of drug-likeness (QED) is 0.566. The molecule has 34 heavy (non-hydrogen) atoms. The zero-order valence-electron chi connectivity index (χ0n) is 19.7. The van der Waals surface area contributed by atoms with E-state index in [4.69, 9.17) is 9.47 Å². The van der Waals surface area contributed by atoms with Gasteiger partial charge in [-0.1, -0.05) is 18.9 Å². The second kappa shape index (κ2) is 11.3. The molecule has 1 atom stereocenters. The number of sulfonamides is 1. The first-order valence-corrected chi connectivity index (χ1v) is 13.4. The Morgan fingerprint density at radius 2 is 1.97 bits per heavy atom. The van der Waals surface area contributed by atoms with E-state index in [9.17, 15) is 13.2 Å². The molecule has 2 aliphatic rings. The molecule has 1 aromatic heterocycles. The van der Waals surface area contributed by atoms with Gasteiger partial charge in [-0.3, -0.25) is 9.78 Å². The zero-order valence-corrected chi connectivity index (χ0v) is 20.5. The van der Waals surface area contributed by atoms with Crippen molar-refractivity contribution in [1.29, 1.82) is 0 Å². The number of carbonyl (C=O) groups is 1. The summed E-state index contributed by atoms with van der Waals surface area (Å²) in [4.78, 5) is 19.6. The fraction of sp³-hybridized carbons (Fsp3) is 0.520. The average Bonchev–Trinajstić information content (AvgIpc) is 3.21. The maximum Gasteiger partial charge on any atom is 0.254 e. The van der Waals surface area contributed by atoms with Gasteiger partial charge >= 0.3 is 0 Å². The van der Waals surface area contributed by atoms with Gasteiger partial charge in [-0.2, -0.15) is 4.31 Å². The topological polar surface area (TPSA) is 89.0 Å². The van der Waals surface area contributed by atoms with Crippen LogP contribution in [0.2, 0.25) is 0 Å². The molecule has 1 amide bonds. The lowest BCUT2D eigenvalue weighted by molar-refractivity contribution is 0.0507. The molecule has 0 spiro atoms. The van der Waals surface area contributed by atoms with Crippen molar-refractivity contribution in [1.82, 2.24) is 14.2 Å². The molecule has 0 aliphatic carbocycles. The highest BCUT2D eigenvalue weighted by atomic mass is 32.2. The smallest absolute Gasteiger partial charge is 0.254 e. The summed E-state index contributed by atoms with van der Waals surface area (Å²) in [5, 5.41) is 0. The van der Waals surface area contributed by atoms with Gasteiger partial charge in [-0.25, -0.2) is 8.42 Å². The minimum atomic E-state index is -3.79. The van der Waals surface area contributed by atoms with E-state index in [2.05, 4.69) is 4.98 Å². The van der Waals surface area contributed by atoms with Crippen molar-refractivity contribution in [3.63, 3.8) is 0 Å². The van der Waals surface area contributed by atoms with Crippen LogP contribution >= 0.6 is 0 Å².